The van der Waals surface area contributed by atoms with Gasteiger partial charge in [-0.25, -0.2) is 4.99 Å². The second kappa shape index (κ2) is 12.4. The van der Waals surface area contributed by atoms with Gasteiger partial charge in [-0.3, -0.25) is 14.6 Å². The molecule has 0 radical (unpaired) electrons. The van der Waals surface area contributed by atoms with Crippen LogP contribution < -0.4 is 5.32 Å². The van der Waals surface area contributed by atoms with Gasteiger partial charge in [0.15, 0.2) is 6.04 Å². The zero-order valence-electron chi connectivity index (χ0n) is 20.0. The number of carboxylic acid groups (broad SMARTS) is 1. The highest BCUT2D eigenvalue weighted by atomic mass is 16.5. The number of amides is 1. The Morgan fingerprint density at radius 1 is 1.00 bits per heavy atom. The van der Waals surface area contributed by atoms with Crippen LogP contribution in [-0.2, 0) is 20.9 Å². The number of carboxylic acids is 1. The van der Waals surface area contributed by atoms with Crippen LogP contribution in [0.25, 0.3) is 5.57 Å². The Labute approximate surface area is 210 Å². The number of benzene rings is 2. The number of rotatable bonds is 11. The SMILES string of the molecule is O=C(O)CCCCC=C(c1ccc(C2=NC(C(=O)NCc3ccccc3)CO2)cc1)c1cccnc1. The molecule has 1 amide bonds. The zero-order valence-corrected chi connectivity index (χ0v) is 20.0. The Bertz CT molecular complexity index is 1220. The predicted octanol–water partition coefficient (Wildman–Crippen LogP) is 4.62. The number of carbonyl (C=O) groups excluding carboxylic acids is 1. The topological polar surface area (TPSA) is 101 Å². The number of unbranched alkanes of at least 4 members (excludes halogenated alkanes) is 2. The summed E-state index contributed by atoms with van der Waals surface area (Å²) in [5.41, 5.74) is 4.89. The van der Waals surface area contributed by atoms with Crippen molar-refractivity contribution in [3.05, 3.63) is 107 Å². The maximum atomic E-state index is 12.5. The normalized spacial score (nSPS) is 15.2. The molecule has 2 aromatic carbocycles. The molecule has 1 aliphatic heterocycles. The van der Waals surface area contributed by atoms with Gasteiger partial charge in [0.1, 0.15) is 6.61 Å². The van der Waals surface area contributed by atoms with Gasteiger partial charge in [-0.15, -0.1) is 0 Å². The van der Waals surface area contributed by atoms with Crippen molar-refractivity contribution in [2.45, 2.75) is 38.3 Å². The smallest absolute Gasteiger partial charge is 0.303 e. The summed E-state index contributed by atoms with van der Waals surface area (Å²) < 4.78 is 5.74. The van der Waals surface area contributed by atoms with E-state index >= 15 is 0 Å². The quantitative estimate of drug-likeness (QED) is 0.388. The minimum absolute atomic E-state index is 0.157. The van der Waals surface area contributed by atoms with Crippen LogP contribution in [0.4, 0.5) is 0 Å². The largest absolute Gasteiger partial charge is 0.481 e. The number of aliphatic imine (C=N–C) groups is 1. The van der Waals surface area contributed by atoms with Crippen molar-refractivity contribution < 1.29 is 19.4 Å². The van der Waals surface area contributed by atoms with Gasteiger partial charge in [0.05, 0.1) is 0 Å². The van der Waals surface area contributed by atoms with E-state index in [0.29, 0.717) is 18.9 Å². The average molecular weight is 484 g/mol. The molecule has 0 saturated heterocycles. The van der Waals surface area contributed by atoms with Gasteiger partial charge in [-0.2, -0.15) is 0 Å². The van der Waals surface area contributed by atoms with Gasteiger partial charge >= 0.3 is 5.97 Å². The molecule has 2 N–H and O–H groups in total. The number of hydrogen-bond acceptors (Lipinski definition) is 5. The Morgan fingerprint density at radius 3 is 2.53 bits per heavy atom. The molecule has 7 heteroatoms. The number of pyridine rings is 1. The molecule has 184 valence electrons. The van der Waals surface area contributed by atoms with Crippen LogP contribution in [0.3, 0.4) is 0 Å². The molecule has 3 aromatic rings. The maximum Gasteiger partial charge on any atom is 0.303 e. The van der Waals surface area contributed by atoms with Crippen molar-refractivity contribution in [3.8, 4) is 0 Å². The first-order chi connectivity index (χ1) is 17.6. The van der Waals surface area contributed by atoms with E-state index in [1.54, 1.807) is 6.20 Å². The number of allylic oxidation sites excluding steroid dienone is 1. The highest BCUT2D eigenvalue weighted by molar-refractivity contribution is 5.98. The van der Waals surface area contributed by atoms with E-state index in [4.69, 9.17) is 9.84 Å². The van der Waals surface area contributed by atoms with E-state index < -0.39 is 12.0 Å². The van der Waals surface area contributed by atoms with E-state index in [1.807, 2.05) is 72.9 Å². The summed E-state index contributed by atoms with van der Waals surface area (Å²) in [5.74, 6) is -0.466. The lowest BCUT2D eigenvalue weighted by Crippen LogP contribution is -2.33. The summed E-state index contributed by atoms with van der Waals surface area (Å²) in [5, 5.41) is 11.8. The van der Waals surface area contributed by atoms with Gasteiger partial charge in [0.25, 0.3) is 0 Å². The number of hydrogen-bond donors (Lipinski definition) is 2. The van der Waals surface area contributed by atoms with E-state index in [9.17, 15) is 9.59 Å². The molecule has 1 aromatic heterocycles. The minimum atomic E-state index is -0.769. The molecule has 0 aliphatic carbocycles. The van der Waals surface area contributed by atoms with E-state index in [2.05, 4.69) is 21.4 Å². The number of aromatic nitrogens is 1. The maximum absolute atomic E-state index is 12.5. The van der Waals surface area contributed by atoms with E-state index in [0.717, 1.165) is 40.7 Å². The standard InChI is InChI=1S/C29H29N3O4/c33-27(34)12-6-2-5-11-25(24-10-7-17-30-19-24)22-13-15-23(16-14-22)29-32-26(20-36-29)28(35)31-18-21-8-3-1-4-9-21/h1,3-4,7-11,13-17,19,26H,2,5-6,12,18,20H2,(H,31,35)(H,33,34). The average Bonchev–Trinajstić information content (AvgIpc) is 3.41. The first kappa shape index (κ1) is 24.9. The molecule has 1 unspecified atom stereocenters. The molecule has 0 fully saturated rings. The highest BCUT2D eigenvalue weighted by Crippen LogP contribution is 2.25. The summed E-state index contributed by atoms with van der Waals surface area (Å²) in [6.07, 6.45) is 8.07. The lowest BCUT2D eigenvalue weighted by atomic mass is 9.96. The Hall–Kier alpha value is -4.26. The van der Waals surface area contributed by atoms with Crippen LogP contribution in [0.15, 0.2) is 90.2 Å². The zero-order chi connectivity index (χ0) is 25.2. The summed E-state index contributed by atoms with van der Waals surface area (Å²) in [6.45, 7) is 0.671. The first-order valence-corrected chi connectivity index (χ1v) is 12.1. The predicted molar refractivity (Wildman–Crippen MR) is 138 cm³/mol. The van der Waals surface area contributed by atoms with Gasteiger partial charge in [0, 0.05) is 36.5 Å². The van der Waals surface area contributed by atoms with Crippen LogP contribution in [-0.4, -0.2) is 40.5 Å². The lowest BCUT2D eigenvalue weighted by Gasteiger charge is -2.10. The lowest BCUT2D eigenvalue weighted by molar-refractivity contribution is -0.137. The number of ether oxygens (including phenoxy) is 1. The van der Waals surface area contributed by atoms with E-state index in [1.165, 1.54) is 0 Å². The highest BCUT2D eigenvalue weighted by Gasteiger charge is 2.26. The summed E-state index contributed by atoms with van der Waals surface area (Å²) >= 11 is 0. The summed E-state index contributed by atoms with van der Waals surface area (Å²) in [7, 11) is 0. The number of aliphatic carboxylic acids is 1. The second-order valence-corrected chi connectivity index (χ2v) is 8.54. The fourth-order valence-electron chi connectivity index (χ4n) is 3.95. The van der Waals surface area contributed by atoms with Crippen molar-refractivity contribution >= 4 is 23.3 Å². The molecule has 4 rings (SSSR count). The Morgan fingerprint density at radius 2 is 1.81 bits per heavy atom. The molecule has 1 atom stereocenters. The van der Waals surface area contributed by atoms with Gasteiger partial charge in [-0.1, -0.05) is 54.6 Å². The summed E-state index contributed by atoms with van der Waals surface area (Å²) in [6, 6.07) is 21.0. The minimum Gasteiger partial charge on any atom is -0.481 e. The fraction of sp³-hybridized carbons (Fsp3) is 0.241. The van der Waals surface area contributed by atoms with E-state index in [-0.39, 0.29) is 18.9 Å². The van der Waals surface area contributed by atoms with Crippen molar-refractivity contribution in [2.24, 2.45) is 4.99 Å². The Balaban J connectivity index is 1.42. The second-order valence-electron chi connectivity index (χ2n) is 8.54. The summed E-state index contributed by atoms with van der Waals surface area (Å²) in [4.78, 5) is 32.0. The van der Waals surface area contributed by atoms with Gasteiger partial charge < -0.3 is 15.2 Å². The molecule has 2 heterocycles. The molecule has 0 saturated carbocycles. The molecule has 7 nitrogen and oxygen atoms in total. The van der Waals surface area contributed by atoms with Crippen LogP contribution >= 0.6 is 0 Å². The molecular formula is C29H29N3O4. The van der Waals surface area contributed by atoms with Crippen LogP contribution in [0, 0.1) is 0 Å². The molecule has 0 bridgehead atoms. The van der Waals surface area contributed by atoms with Crippen LogP contribution in [0.5, 0.6) is 0 Å². The molecule has 0 spiro atoms. The first-order valence-electron chi connectivity index (χ1n) is 12.1. The number of nitrogens with one attached hydrogen (secondary N) is 1. The third-order valence-corrected chi connectivity index (χ3v) is 5.87. The Kier molecular flexibility index (Phi) is 8.59. The van der Waals surface area contributed by atoms with Crippen molar-refractivity contribution in [1.82, 2.24) is 10.3 Å². The number of nitrogens with zero attached hydrogens (tertiary/aromatic N) is 2. The van der Waals surface area contributed by atoms with Gasteiger partial charge in [-0.05, 0) is 54.2 Å². The van der Waals surface area contributed by atoms with Crippen molar-refractivity contribution in [2.75, 3.05) is 6.61 Å². The monoisotopic (exact) mass is 483 g/mol. The van der Waals surface area contributed by atoms with Crippen molar-refractivity contribution in [1.29, 1.82) is 0 Å². The third kappa shape index (κ3) is 6.88. The van der Waals surface area contributed by atoms with Crippen molar-refractivity contribution in [3.63, 3.8) is 0 Å². The third-order valence-electron chi connectivity index (χ3n) is 5.87. The van der Waals surface area contributed by atoms with Gasteiger partial charge in [0.2, 0.25) is 11.8 Å². The molecular weight excluding hydrogens is 454 g/mol. The fourth-order valence-corrected chi connectivity index (χ4v) is 3.95. The van der Waals surface area contributed by atoms with Crippen LogP contribution in [0.1, 0.15) is 47.9 Å². The number of carbonyl (C=O) groups is 2. The molecule has 36 heavy (non-hydrogen) atoms. The molecule has 1 aliphatic rings. The van der Waals surface area contributed by atoms with Crippen LogP contribution in [0.2, 0.25) is 0 Å².